The number of carbonyl (C=O) groups is 1. The molecule has 1 heterocycles. The number of sulfone groups is 1. The molecule has 1 saturated heterocycles. The van der Waals surface area contributed by atoms with E-state index in [9.17, 15) is 13.2 Å². The van der Waals surface area contributed by atoms with Crippen LogP contribution in [-0.4, -0.2) is 68.6 Å². The maximum atomic E-state index is 11.6. The number of rotatable bonds is 6. The minimum Gasteiger partial charge on any atom is -0.480 e. The number of aryl methyl sites for hydroxylation is 1. The van der Waals surface area contributed by atoms with Gasteiger partial charge in [0.2, 0.25) is 0 Å². The third-order valence-electron chi connectivity index (χ3n) is 3.80. The zero-order valence-electron chi connectivity index (χ0n) is 12.7. The molecule has 0 amide bonds. The number of piperazine rings is 1. The highest BCUT2D eigenvalue weighted by atomic mass is 32.2. The molecule has 1 aliphatic heterocycles. The normalized spacial score (nSPS) is 16.7. The topological polar surface area (TPSA) is 77.9 Å². The van der Waals surface area contributed by atoms with E-state index in [0.29, 0.717) is 6.54 Å². The van der Waals surface area contributed by atoms with Crippen molar-refractivity contribution >= 4 is 21.5 Å². The lowest BCUT2D eigenvalue weighted by Gasteiger charge is -2.36. The van der Waals surface area contributed by atoms with Crippen LogP contribution in [0.2, 0.25) is 0 Å². The van der Waals surface area contributed by atoms with Gasteiger partial charge in [0, 0.05) is 38.4 Å². The van der Waals surface area contributed by atoms with Crippen molar-refractivity contribution in [1.29, 1.82) is 0 Å². The van der Waals surface area contributed by atoms with Gasteiger partial charge in [-0.25, -0.2) is 8.42 Å². The van der Waals surface area contributed by atoms with Crippen LogP contribution in [-0.2, 0) is 14.6 Å². The summed E-state index contributed by atoms with van der Waals surface area (Å²) in [6.07, 6.45) is 0. The lowest BCUT2D eigenvalue weighted by Crippen LogP contribution is -2.47. The number of benzene rings is 1. The third kappa shape index (κ3) is 4.99. The Balaban J connectivity index is 1.81. The SMILES string of the molecule is Cc1cccc(N2CCN(CCS(=O)(=O)CC(=O)O)CC2)c1. The van der Waals surface area contributed by atoms with Gasteiger partial charge in [-0.3, -0.25) is 9.69 Å². The van der Waals surface area contributed by atoms with Crippen LogP contribution in [0.3, 0.4) is 0 Å². The van der Waals surface area contributed by atoms with E-state index in [1.54, 1.807) is 0 Å². The molecule has 7 heteroatoms. The van der Waals surface area contributed by atoms with Crippen LogP contribution < -0.4 is 4.90 Å². The number of carboxylic acid groups (broad SMARTS) is 1. The molecule has 22 heavy (non-hydrogen) atoms. The quantitative estimate of drug-likeness (QED) is 0.825. The molecule has 0 aromatic heterocycles. The molecule has 2 rings (SSSR count). The maximum Gasteiger partial charge on any atom is 0.318 e. The van der Waals surface area contributed by atoms with Crippen molar-refractivity contribution in [3.63, 3.8) is 0 Å². The van der Waals surface area contributed by atoms with Gasteiger partial charge in [-0.15, -0.1) is 0 Å². The van der Waals surface area contributed by atoms with Gasteiger partial charge in [0.1, 0.15) is 5.75 Å². The highest BCUT2D eigenvalue weighted by Crippen LogP contribution is 2.17. The molecule has 0 bridgehead atoms. The first-order valence-corrected chi connectivity index (χ1v) is 9.14. The van der Waals surface area contributed by atoms with Crippen LogP contribution in [0, 0.1) is 6.92 Å². The number of carboxylic acids is 1. The molecule has 1 fully saturated rings. The molecule has 0 spiro atoms. The first kappa shape index (κ1) is 16.8. The molecular formula is C15H22N2O4S. The van der Waals surface area contributed by atoms with Gasteiger partial charge >= 0.3 is 5.97 Å². The zero-order valence-corrected chi connectivity index (χ0v) is 13.6. The van der Waals surface area contributed by atoms with Crippen molar-refractivity contribution < 1.29 is 18.3 Å². The van der Waals surface area contributed by atoms with Crippen LogP contribution in [0.15, 0.2) is 24.3 Å². The van der Waals surface area contributed by atoms with Gasteiger partial charge in [0.25, 0.3) is 0 Å². The minimum absolute atomic E-state index is 0.0935. The molecule has 1 N–H and O–H groups in total. The summed E-state index contributed by atoms with van der Waals surface area (Å²) >= 11 is 0. The van der Waals surface area contributed by atoms with Crippen molar-refractivity contribution in [3.8, 4) is 0 Å². The van der Waals surface area contributed by atoms with Crippen LogP contribution in [0.4, 0.5) is 5.69 Å². The molecule has 1 aliphatic rings. The van der Waals surface area contributed by atoms with Gasteiger partial charge in [0.05, 0.1) is 5.75 Å². The molecule has 6 nitrogen and oxygen atoms in total. The van der Waals surface area contributed by atoms with E-state index in [2.05, 4.69) is 34.9 Å². The summed E-state index contributed by atoms with van der Waals surface area (Å²) in [5.41, 5.74) is 2.41. The summed E-state index contributed by atoms with van der Waals surface area (Å²) < 4.78 is 23.2. The molecular weight excluding hydrogens is 304 g/mol. The fourth-order valence-corrected chi connectivity index (χ4v) is 3.64. The second-order valence-corrected chi connectivity index (χ2v) is 7.84. The molecule has 1 aromatic rings. The van der Waals surface area contributed by atoms with Crippen molar-refractivity contribution in [2.75, 3.05) is 49.1 Å². The predicted octanol–water partition coefficient (Wildman–Crippen LogP) is 0.616. The Labute approximate surface area is 131 Å². The summed E-state index contributed by atoms with van der Waals surface area (Å²) in [6, 6.07) is 8.33. The van der Waals surface area contributed by atoms with Crippen molar-refractivity contribution in [2.45, 2.75) is 6.92 Å². The second-order valence-electron chi connectivity index (χ2n) is 5.65. The highest BCUT2D eigenvalue weighted by Gasteiger charge is 2.21. The van der Waals surface area contributed by atoms with E-state index >= 15 is 0 Å². The smallest absolute Gasteiger partial charge is 0.318 e. The minimum atomic E-state index is -3.51. The highest BCUT2D eigenvalue weighted by molar-refractivity contribution is 7.92. The second kappa shape index (κ2) is 7.11. The van der Waals surface area contributed by atoms with Gasteiger partial charge in [-0.05, 0) is 24.6 Å². The van der Waals surface area contributed by atoms with E-state index in [0.717, 1.165) is 26.2 Å². The van der Waals surface area contributed by atoms with Crippen molar-refractivity contribution in [1.82, 2.24) is 4.90 Å². The van der Waals surface area contributed by atoms with Gasteiger partial charge in [0.15, 0.2) is 9.84 Å². The largest absolute Gasteiger partial charge is 0.480 e. The van der Waals surface area contributed by atoms with Crippen molar-refractivity contribution in [2.24, 2.45) is 0 Å². The molecule has 0 atom stereocenters. The van der Waals surface area contributed by atoms with Crippen LogP contribution in [0.1, 0.15) is 5.56 Å². The van der Waals surface area contributed by atoms with Gasteiger partial charge in [-0.2, -0.15) is 0 Å². The molecule has 0 radical (unpaired) electrons. The van der Waals surface area contributed by atoms with Gasteiger partial charge < -0.3 is 10.0 Å². The molecule has 0 unspecified atom stereocenters. The maximum absolute atomic E-state index is 11.6. The first-order valence-electron chi connectivity index (χ1n) is 7.32. The van der Waals surface area contributed by atoms with E-state index in [4.69, 9.17) is 5.11 Å². The summed E-state index contributed by atoms with van der Waals surface area (Å²) in [7, 11) is -3.51. The lowest BCUT2D eigenvalue weighted by molar-refractivity contribution is -0.134. The third-order valence-corrected chi connectivity index (χ3v) is 5.29. The summed E-state index contributed by atoms with van der Waals surface area (Å²) in [6.45, 7) is 5.74. The number of anilines is 1. The number of hydrogen-bond donors (Lipinski definition) is 1. The Kier molecular flexibility index (Phi) is 5.42. The Hall–Kier alpha value is -1.60. The molecule has 0 saturated carbocycles. The Morgan fingerprint density at radius 2 is 1.91 bits per heavy atom. The number of aliphatic carboxylic acids is 1. The monoisotopic (exact) mass is 326 g/mol. The average molecular weight is 326 g/mol. The molecule has 1 aromatic carbocycles. The summed E-state index contributed by atoms with van der Waals surface area (Å²) in [5.74, 6) is -2.16. The fourth-order valence-electron chi connectivity index (χ4n) is 2.58. The summed E-state index contributed by atoms with van der Waals surface area (Å²) in [5, 5.41) is 8.57. The lowest BCUT2D eigenvalue weighted by atomic mass is 10.2. The van der Waals surface area contributed by atoms with Crippen LogP contribution >= 0.6 is 0 Å². The Bertz CT molecular complexity index is 622. The van der Waals surface area contributed by atoms with Crippen molar-refractivity contribution in [3.05, 3.63) is 29.8 Å². The summed E-state index contributed by atoms with van der Waals surface area (Å²) in [4.78, 5) is 14.9. The standard InChI is InChI=1S/C15H22N2O4S/c1-13-3-2-4-14(11-13)17-7-5-16(6-8-17)9-10-22(20,21)12-15(18)19/h2-4,11H,5-10,12H2,1H3,(H,18,19). The molecule has 122 valence electrons. The molecule has 0 aliphatic carbocycles. The number of hydrogen-bond acceptors (Lipinski definition) is 5. The van der Waals surface area contributed by atoms with E-state index in [1.807, 2.05) is 6.07 Å². The first-order chi connectivity index (χ1) is 10.4. The Morgan fingerprint density at radius 1 is 1.23 bits per heavy atom. The van der Waals surface area contributed by atoms with Gasteiger partial charge in [-0.1, -0.05) is 12.1 Å². The number of nitrogens with zero attached hydrogens (tertiary/aromatic N) is 2. The zero-order chi connectivity index (χ0) is 16.2. The predicted molar refractivity (Wildman–Crippen MR) is 86.1 cm³/mol. The van der Waals surface area contributed by atoms with Crippen LogP contribution in [0.25, 0.3) is 0 Å². The fraction of sp³-hybridized carbons (Fsp3) is 0.533. The van der Waals surface area contributed by atoms with E-state index < -0.39 is 21.6 Å². The van der Waals surface area contributed by atoms with E-state index in [-0.39, 0.29) is 5.75 Å². The van der Waals surface area contributed by atoms with E-state index in [1.165, 1.54) is 11.3 Å². The van der Waals surface area contributed by atoms with Crippen LogP contribution in [0.5, 0.6) is 0 Å². The Morgan fingerprint density at radius 3 is 2.50 bits per heavy atom. The average Bonchev–Trinajstić information content (AvgIpc) is 2.44.